The third-order valence-corrected chi connectivity index (χ3v) is 3.73. The molecule has 0 amide bonds. The summed E-state index contributed by atoms with van der Waals surface area (Å²) in [5.41, 5.74) is 0. The molecular weight excluding hydrogens is 291 g/mol. The summed E-state index contributed by atoms with van der Waals surface area (Å²) in [5.74, 6) is -0.927. The molecule has 0 saturated heterocycles. The molecule has 1 heterocycles. The van der Waals surface area contributed by atoms with E-state index in [1.165, 1.54) is 14.2 Å². The molecule has 2 N–H and O–H groups in total. The van der Waals surface area contributed by atoms with Crippen LogP contribution in [0.15, 0.2) is 23.4 Å². The smallest absolute Gasteiger partial charge is 0.267 e. The predicted octanol–water partition coefficient (Wildman–Crippen LogP) is 0.762. The van der Waals surface area contributed by atoms with Gasteiger partial charge in [0.05, 0.1) is 14.2 Å². The second-order valence-electron chi connectivity index (χ2n) is 3.58. The number of sulfonamides is 1. The van der Waals surface area contributed by atoms with Crippen LogP contribution in [0.4, 0.5) is 10.3 Å². The highest BCUT2D eigenvalue weighted by molar-refractivity contribution is 7.92. The maximum Gasteiger partial charge on any atom is 0.267 e. The maximum atomic E-state index is 13.9. The lowest BCUT2D eigenvalue weighted by atomic mass is 10.3. The molecule has 10 heteroatoms. The van der Waals surface area contributed by atoms with Crippen molar-refractivity contribution >= 4 is 16.0 Å². The molecule has 0 spiro atoms. The SMILES string of the molecule is COc1cc(F)c(S(=O)(=O)Nc2ncn[nH]2)cc1OC. The Morgan fingerprint density at radius 1 is 1.25 bits per heavy atom. The monoisotopic (exact) mass is 302 g/mol. The number of H-pyrrole nitrogens is 1. The first-order valence-electron chi connectivity index (χ1n) is 5.27. The van der Waals surface area contributed by atoms with Crippen molar-refractivity contribution in [3.8, 4) is 11.5 Å². The van der Waals surface area contributed by atoms with E-state index in [2.05, 4.69) is 19.9 Å². The number of aromatic amines is 1. The van der Waals surface area contributed by atoms with E-state index in [4.69, 9.17) is 9.47 Å². The molecule has 0 aliphatic rings. The van der Waals surface area contributed by atoms with Crippen molar-refractivity contribution in [2.75, 3.05) is 18.9 Å². The first kappa shape index (κ1) is 14.1. The van der Waals surface area contributed by atoms with Gasteiger partial charge in [-0.1, -0.05) is 0 Å². The molecule has 108 valence electrons. The van der Waals surface area contributed by atoms with Crippen LogP contribution in [0, 0.1) is 5.82 Å². The van der Waals surface area contributed by atoms with Gasteiger partial charge in [-0.15, -0.1) is 0 Å². The van der Waals surface area contributed by atoms with Crippen LogP contribution < -0.4 is 14.2 Å². The molecule has 0 atom stereocenters. The maximum absolute atomic E-state index is 13.9. The molecule has 1 aromatic heterocycles. The predicted molar refractivity (Wildman–Crippen MR) is 66.7 cm³/mol. The van der Waals surface area contributed by atoms with Gasteiger partial charge in [-0.05, 0) is 0 Å². The summed E-state index contributed by atoms with van der Waals surface area (Å²) >= 11 is 0. The molecule has 8 nitrogen and oxygen atoms in total. The highest BCUT2D eigenvalue weighted by Crippen LogP contribution is 2.32. The van der Waals surface area contributed by atoms with Gasteiger partial charge in [0, 0.05) is 12.1 Å². The molecule has 0 saturated carbocycles. The molecule has 1 aromatic carbocycles. The van der Waals surface area contributed by atoms with Crippen molar-refractivity contribution < 1.29 is 22.3 Å². The normalized spacial score (nSPS) is 11.2. The Bertz CT molecular complexity index is 702. The molecule has 0 bridgehead atoms. The molecule has 2 aromatic rings. The van der Waals surface area contributed by atoms with Gasteiger partial charge in [0.1, 0.15) is 17.0 Å². The van der Waals surface area contributed by atoms with Crippen LogP contribution in [0.5, 0.6) is 11.5 Å². The van der Waals surface area contributed by atoms with Crippen molar-refractivity contribution in [1.29, 1.82) is 0 Å². The van der Waals surface area contributed by atoms with Gasteiger partial charge in [-0.25, -0.2) is 22.6 Å². The lowest BCUT2D eigenvalue weighted by molar-refractivity contribution is 0.350. The van der Waals surface area contributed by atoms with E-state index >= 15 is 0 Å². The Hall–Kier alpha value is -2.36. The summed E-state index contributed by atoms with van der Waals surface area (Å²) in [7, 11) is -1.53. The van der Waals surface area contributed by atoms with Crippen LogP contribution >= 0.6 is 0 Å². The number of nitrogens with one attached hydrogen (secondary N) is 2. The average molecular weight is 302 g/mol. The lowest BCUT2D eigenvalue weighted by Crippen LogP contribution is -2.16. The fourth-order valence-corrected chi connectivity index (χ4v) is 2.52. The highest BCUT2D eigenvalue weighted by atomic mass is 32.2. The standard InChI is InChI=1S/C10H11FN4O4S/c1-18-7-3-6(11)9(4-8(7)19-2)20(16,17)15-10-12-5-13-14-10/h3-5H,1-2H3,(H2,12,13,14,15). The Morgan fingerprint density at radius 3 is 2.45 bits per heavy atom. The number of hydrogen-bond donors (Lipinski definition) is 2. The number of hydrogen-bond acceptors (Lipinski definition) is 6. The van der Waals surface area contributed by atoms with Crippen LogP contribution in [0.2, 0.25) is 0 Å². The van der Waals surface area contributed by atoms with Gasteiger partial charge in [0.15, 0.2) is 11.5 Å². The van der Waals surface area contributed by atoms with E-state index in [1.807, 2.05) is 0 Å². The second-order valence-corrected chi connectivity index (χ2v) is 5.23. The van der Waals surface area contributed by atoms with Crippen LogP contribution in [-0.4, -0.2) is 37.8 Å². The van der Waals surface area contributed by atoms with Gasteiger partial charge in [-0.3, -0.25) is 0 Å². The fourth-order valence-electron chi connectivity index (χ4n) is 1.48. The third kappa shape index (κ3) is 2.64. The number of ether oxygens (including phenoxy) is 2. The van der Waals surface area contributed by atoms with Gasteiger partial charge in [-0.2, -0.15) is 10.1 Å². The Morgan fingerprint density at radius 2 is 1.90 bits per heavy atom. The highest BCUT2D eigenvalue weighted by Gasteiger charge is 2.23. The van der Waals surface area contributed by atoms with Crippen molar-refractivity contribution in [3.63, 3.8) is 0 Å². The molecular formula is C10H11FN4O4S. The number of halogens is 1. The van der Waals surface area contributed by atoms with Gasteiger partial charge >= 0.3 is 0 Å². The van der Waals surface area contributed by atoms with Crippen LogP contribution in [-0.2, 0) is 10.0 Å². The first-order chi connectivity index (χ1) is 9.47. The van der Waals surface area contributed by atoms with Crippen molar-refractivity contribution in [1.82, 2.24) is 15.2 Å². The summed E-state index contributed by atoms with van der Waals surface area (Å²) in [6.07, 6.45) is 1.11. The third-order valence-electron chi connectivity index (χ3n) is 2.37. The molecule has 0 aliphatic carbocycles. The number of anilines is 1. The van der Waals surface area contributed by atoms with Crippen LogP contribution in [0.3, 0.4) is 0 Å². The summed E-state index contributed by atoms with van der Waals surface area (Å²) in [6, 6.07) is 1.95. The summed E-state index contributed by atoms with van der Waals surface area (Å²) in [4.78, 5) is 3.01. The second kappa shape index (κ2) is 5.33. The number of nitrogens with zero attached hydrogens (tertiary/aromatic N) is 2. The van der Waals surface area contributed by atoms with Crippen molar-refractivity contribution in [3.05, 3.63) is 24.3 Å². The fraction of sp³-hybridized carbons (Fsp3) is 0.200. The van der Waals surface area contributed by atoms with Gasteiger partial charge in [0.25, 0.3) is 10.0 Å². The number of rotatable bonds is 5. The molecule has 0 fully saturated rings. The molecule has 20 heavy (non-hydrogen) atoms. The molecule has 0 aliphatic heterocycles. The summed E-state index contributed by atoms with van der Waals surface area (Å²) in [5, 5.41) is 5.79. The largest absolute Gasteiger partial charge is 0.493 e. The van der Waals surface area contributed by atoms with E-state index < -0.39 is 20.7 Å². The van der Waals surface area contributed by atoms with E-state index in [1.54, 1.807) is 0 Å². The first-order valence-corrected chi connectivity index (χ1v) is 6.76. The number of benzene rings is 1. The molecule has 0 unspecified atom stereocenters. The van der Waals surface area contributed by atoms with Crippen LogP contribution in [0.1, 0.15) is 0 Å². The average Bonchev–Trinajstić information content (AvgIpc) is 2.90. The minimum Gasteiger partial charge on any atom is -0.493 e. The van der Waals surface area contributed by atoms with Crippen molar-refractivity contribution in [2.45, 2.75) is 4.90 Å². The van der Waals surface area contributed by atoms with E-state index in [0.29, 0.717) is 0 Å². The Balaban J connectivity index is 2.46. The van der Waals surface area contributed by atoms with Crippen molar-refractivity contribution in [2.24, 2.45) is 0 Å². The zero-order valence-electron chi connectivity index (χ0n) is 10.5. The number of methoxy groups -OCH3 is 2. The summed E-state index contributed by atoms with van der Waals surface area (Å²) in [6.45, 7) is 0. The quantitative estimate of drug-likeness (QED) is 0.844. The topological polar surface area (TPSA) is 106 Å². The zero-order valence-corrected chi connectivity index (χ0v) is 11.4. The van der Waals surface area contributed by atoms with E-state index in [9.17, 15) is 12.8 Å². The van der Waals surface area contributed by atoms with Gasteiger partial charge in [0.2, 0.25) is 5.95 Å². The van der Waals surface area contributed by atoms with Crippen LogP contribution in [0.25, 0.3) is 0 Å². The molecule has 0 radical (unpaired) electrons. The Labute approximate surface area is 114 Å². The number of aromatic nitrogens is 3. The molecule has 2 rings (SSSR count). The lowest BCUT2D eigenvalue weighted by Gasteiger charge is -2.11. The van der Waals surface area contributed by atoms with Gasteiger partial charge < -0.3 is 9.47 Å². The van der Waals surface area contributed by atoms with E-state index in [-0.39, 0.29) is 17.4 Å². The summed E-state index contributed by atoms with van der Waals surface area (Å²) < 4.78 is 49.9. The Kier molecular flexibility index (Phi) is 3.74. The zero-order chi connectivity index (χ0) is 14.8. The minimum absolute atomic E-state index is 0.0867. The minimum atomic E-state index is -4.17. The van der Waals surface area contributed by atoms with E-state index in [0.717, 1.165) is 18.5 Å².